The molecule has 0 aliphatic heterocycles. The van der Waals surface area contributed by atoms with Gasteiger partial charge in [0.05, 0.1) is 0 Å². The number of carbonyl (C=O) groups excluding carboxylic acids is 1. The fourth-order valence-electron chi connectivity index (χ4n) is 1.67. The summed E-state index contributed by atoms with van der Waals surface area (Å²) in [6.07, 6.45) is -1.98. The minimum absolute atomic E-state index is 0.319. The van der Waals surface area contributed by atoms with Crippen molar-refractivity contribution in [1.29, 1.82) is 0 Å². The van der Waals surface area contributed by atoms with Gasteiger partial charge in [-0.1, -0.05) is 23.7 Å². The second-order valence-corrected chi connectivity index (χ2v) is 4.88. The van der Waals surface area contributed by atoms with E-state index in [1.807, 2.05) is 0 Å². The normalized spacial score (nSPS) is 11.5. The molecule has 0 aliphatic carbocycles. The summed E-state index contributed by atoms with van der Waals surface area (Å²) in [7, 11) is 0. The fourth-order valence-corrected chi connectivity index (χ4v) is 1.80. The molecule has 0 spiro atoms. The standard InChI is InChI=1S/C16H11ClF3NO2/c17-12-4-6-13(7-5-12)21-15(22)10-3-11-1-8-14(9-2-11)23-16(18,19)20/h1-10H,(H,21,22)/b10-3+. The molecule has 3 nitrogen and oxygen atoms in total. The first-order valence-corrected chi connectivity index (χ1v) is 6.80. The Bertz CT molecular complexity index is 695. The Hall–Kier alpha value is -2.47. The zero-order valence-corrected chi connectivity index (χ0v) is 12.4. The molecule has 0 aliphatic rings. The number of amides is 1. The van der Waals surface area contributed by atoms with Crippen molar-refractivity contribution in [3.63, 3.8) is 0 Å². The fraction of sp³-hybridized carbons (Fsp3) is 0.0625. The SMILES string of the molecule is O=C(/C=C/c1ccc(OC(F)(F)F)cc1)Nc1ccc(Cl)cc1. The van der Waals surface area contributed by atoms with Crippen molar-refractivity contribution in [3.05, 3.63) is 65.2 Å². The minimum atomic E-state index is -4.73. The zero-order valence-electron chi connectivity index (χ0n) is 11.6. The van der Waals surface area contributed by atoms with Crippen LogP contribution in [0.3, 0.4) is 0 Å². The molecule has 0 bridgehead atoms. The summed E-state index contributed by atoms with van der Waals surface area (Å²) in [6, 6.07) is 11.7. The molecule has 23 heavy (non-hydrogen) atoms. The van der Waals surface area contributed by atoms with Gasteiger partial charge in [-0.15, -0.1) is 13.2 Å². The number of halogens is 4. The molecule has 0 unspecified atom stereocenters. The van der Waals surface area contributed by atoms with E-state index in [1.54, 1.807) is 24.3 Å². The quantitative estimate of drug-likeness (QED) is 0.804. The van der Waals surface area contributed by atoms with Crippen LogP contribution in [-0.4, -0.2) is 12.3 Å². The lowest BCUT2D eigenvalue weighted by Gasteiger charge is -2.08. The molecule has 2 rings (SSSR count). The van der Waals surface area contributed by atoms with Gasteiger partial charge < -0.3 is 10.1 Å². The van der Waals surface area contributed by atoms with Gasteiger partial charge in [-0.25, -0.2) is 0 Å². The highest BCUT2D eigenvalue weighted by Gasteiger charge is 2.30. The number of alkyl halides is 3. The van der Waals surface area contributed by atoms with Gasteiger partial charge in [-0.05, 0) is 48.0 Å². The van der Waals surface area contributed by atoms with Crippen molar-refractivity contribution < 1.29 is 22.7 Å². The van der Waals surface area contributed by atoms with Crippen LogP contribution in [0.15, 0.2) is 54.6 Å². The van der Waals surface area contributed by atoms with Gasteiger partial charge in [0.25, 0.3) is 0 Å². The van der Waals surface area contributed by atoms with E-state index in [0.29, 0.717) is 16.3 Å². The number of rotatable bonds is 4. The van der Waals surface area contributed by atoms with Crippen LogP contribution >= 0.6 is 11.6 Å². The number of nitrogens with one attached hydrogen (secondary N) is 1. The van der Waals surface area contributed by atoms with Crippen molar-refractivity contribution >= 4 is 29.3 Å². The molecular formula is C16H11ClF3NO2. The van der Waals surface area contributed by atoms with Gasteiger partial charge in [0.15, 0.2) is 0 Å². The van der Waals surface area contributed by atoms with Gasteiger partial charge >= 0.3 is 6.36 Å². The second-order valence-electron chi connectivity index (χ2n) is 4.45. The zero-order chi connectivity index (χ0) is 16.9. The van der Waals surface area contributed by atoms with Crippen LogP contribution in [0.4, 0.5) is 18.9 Å². The van der Waals surface area contributed by atoms with Gasteiger partial charge in [-0.3, -0.25) is 4.79 Å². The highest BCUT2D eigenvalue weighted by atomic mass is 35.5. The van der Waals surface area contributed by atoms with Gasteiger partial charge in [0.1, 0.15) is 5.75 Å². The predicted octanol–water partition coefficient (Wildman–Crippen LogP) is 4.89. The maximum atomic E-state index is 12.0. The van der Waals surface area contributed by atoms with E-state index in [-0.39, 0.29) is 11.7 Å². The molecular weight excluding hydrogens is 331 g/mol. The number of hydrogen-bond acceptors (Lipinski definition) is 2. The molecule has 0 heterocycles. The van der Waals surface area contributed by atoms with Crippen LogP contribution < -0.4 is 10.1 Å². The van der Waals surface area contributed by atoms with E-state index >= 15 is 0 Å². The molecule has 0 saturated heterocycles. The lowest BCUT2D eigenvalue weighted by Crippen LogP contribution is -2.16. The third-order valence-corrected chi connectivity index (χ3v) is 2.90. The van der Waals surface area contributed by atoms with Crippen LogP contribution in [0.2, 0.25) is 5.02 Å². The van der Waals surface area contributed by atoms with Crippen LogP contribution in [0.1, 0.15) is 5.56 Å². The maximum absolute atomic E-state index is 12.0. The molecule has 0 aromatic heterocycles. The third kappa shape index (κ3) is 6.04. The summed E-state index contributed by atoms with van der Waals surface area (Å²) in [6.45, 7) is 0. The maximum Gasteiger partial charge on any atom is 0.573 e. The first kappa shape index (κ1) is 16.9. The Kier molecular flexibility index (Phi) is 5.28. The Morgan fingerprint density at radius 2 is 1.65 bits per heavy atom. The van der Waals surface area contributed by atoms with Crippen molar-refractivity contribution in [2.24, 2.45) is 0 Å². The summed E-state index contributed by atoms with van der Waals surface area (Å²) in [5.41, 5.74) is 1.14. The average Bonchev–Trinajstić information content (AvgIpc) is 2.47. The molecule has 0 fully saturated rings. The van der Waals surface area contributed by atoms with Crippen LogP contribution in [-0.2, 0) is 4.79 Å². The molecule has 120 valence electrons. The van der Waals surface area contributed by atoms with Gasteiger partial charge in [0, 0.05) is 16.8 Å². The lowest BCUT2D eigenvalue weighted by atomic mass is 10.2. The number of ether oxygens (including phenoxy) is 1. The van der Waals surface area contributed by atoms with E-state index in [2.05, 4.69) is 10.1 Å². The second kappa shape index (κ2) is 7.19. The largest absolute Gasteiger partial charge is 0.573 e. The Balaban J connectivity index is 1.94. The molecule has 2 aromatic rings. The van der Waals surface area contributed by atoms with Crippen LogP contribution in [0.5, 0.6) is 5.75 Å². The number of carbonyl (C=O) groups is 1. The average molecular weight is 342 g/mol. The summed E-state index contributed by atoms with van der Waals surface area (Å²) < 4.78 is 39.8. The topological polar surface area (TPSA) is 38.3 Å². The monoisotopic (exact) mass is 341 g/mol. The van der Waals surface area contributed by atoms with Gasteiger partial charge in [0.2, 0.25) is 5.91 Å². The van der Waals surface area contributed by atoms with Crippen molar-refractivity contribution in [3.8, 4) is 5.75 Å². The third-order valence-electron chi connectivity index (χ3n) is 2.65. The highest BCUT2D eigenvalue weighted by Crippen LogP contribution is 2.23. The summed E-state index contributed by atoms with van der Waals surface area (Å²) >= 11 is 5.73. The van der Waals surface area contributed by atoms with E-state index in [1.165, 1.54) is 36.4 Å². The molecule has 1 amide bonds. The first-order chi connectivity index (χ1) is 10.8. The number of benzene rings is 2. The summed E-state index contributed by atoms with van der Waals surface area (Å²) in [5, 5.41) is 3.18. The number of anilines is 1. The van der Waals surface area contributed by atoms with Crippen molar-refractivity contribution in [2.45, 2.75) is 6.36 Å². The molecule has 0 radical (unpaired) electrons. The molecule has 0 saturated carbocycles. The summed E-state index contributed by atoms with van der Waals surface area (Å²) in [5.74, 6) is -0.691. The van der Waals surface area contributed by atoms with Crippen LogP contribution in [0.25, 0.3) is 6.08 Å². The Labute approximate surface area is 135 Å². The summed E-state index contributed by atoms with van der Waals surface area (Å²) in [4.78, 5) is 11.7. The Morgan fingerprint density at radius 3 is 2.22 bits per heavy atom. The molecule has 7 heteroatoms. The van der Waals surface area contributed by atoms with E-state index in [0.717, 1.165) is 0 Å². The molecule has 2 aromatic carbocycles. The van der Waals surface area contributed by atoms with Crippen LogP contribution in [0, 0.1) is 0 Å². The first-order valence-electron chi connectivity index (χ1n) is 6.42. The van der Waals surface area contributed by atoms with E-state index in [4.69, 9.17) is 11.6 Å². The Morgan fingerprint density at radius 1 is 1.04 bits per heavy atom. The van der Waals surface area contributed by atoms with E-state index < -0.39 is 6.36 Å². The lowest BCUT2D eigenvalue weighted by molar-refractivity contribution is -0.274. The minimum Gasteiger partial charge on any atom is -0.406 e. The predicted molar refractivity (Wildman–Crippen MR) is 82.2 cm³/mol. The van der Waals surface area contributed by atoms with Gasteiger partial charge in [-0.2, -0.15) is 0 Å². The molecule has 0 atom stereocenters. The van der Waals surface area contributed by atoms with Crippen molar-refractivity contribution in [2.75, 3.05) is 5.32 Å². The molecule has 1 N–H and O–H groups in total. The smallest absolute Gasteiger partial charge is 0.406 e. The van der Waals surface area contributed by atoms with E-state index in [9.17, 15) is 18.0 Å². The van der Waals surface area contributed by atoms with Crippen molar-refractivity contribution in [1.82, 2.24) is 0 Å². The highest BCUT2D eigenvalue weighted by molar-refractivity contribution is 6.30. The number of hydrogen-bond donors (Lipinski definition) is 1.